The molecule has 1 N–H and O–H groups in total. The number of guanidine groups is 1. The van der Waals surface area contributed by atoms with Crippen molar-refractivity contribution in [2.24, 2.45) is 10.9 Å². The Balaban J connectivity index is 1.61. The topological polar surface area (TPSA) is 76.8 Å². The van der Waals surface area contributed by atoms with E-state index in [1.54, 1.807) is 13.4 Å². The second-order valence-electron chi connectivity index (χ2n) is 6.79. The highest BCUT2D eigenvalue weighted by Crippen LogP contribution is 2.17. The lowest BCUT2D eigenvalue weighted by molar-refractivity contribution is 0.0536. The van der Waals surface area contributed by atoms with Gasteiger partial charge in [-0.3, -0.25) is 4.57 Å². The Morgan fingerprint density at radius 3 is 2.93 bits per heavy atom. The van der Waals surface area contributed by atoms with Gasteiger partial charge in [0.05, 0.1) is 19.8 Å². The third kappa shape index (κ3) is 5.53. The monoisotopic (exact) mass is 386 g/mol. The third-order valence-electron chi connectivity index (χ3n) is 4.73. The minimum absolute atomic E-state index is 0.475. The quantitative estimate of drug-likeness (QED) is 0.402. The Kier molecular flexibility index (Phi) is 7.81. The standard InChI is InChI=1S/C20H30N6O2/c1-3-21-20(25-10-9-17(14-25)15-28-12-11-27-2)22-13-19-24-23-16-26(19)18-7-5-4-6-8-18/h4-8,16-17H,3,9-15H2,1-2H3,(H,21,22). The van der Waals surface area contributed by atoms with E-state index < -0.39 is 0 Å². The van der Waals surface area contributed by atoms with Crippen LogP contribution in [0.4, 0.5) is 0 Å². The summed E-state index contributed by atoms with van der Waals surface area (Å²) in [6, 6.07) is 10.1. The number of hydrogen-bond donors (Lipinski definition) is 1. The molecule has 0 aliphatic carbocycles. The number of nitrogens with zero attached hydrogens (tertiary/aromatic N) is 5. The maximum Gasteiger partial charge on any atom is 0.194 e. The third-order valence-corrected chi connectivity index (χ3v) is 4.73. The largest absolute Gasteiger partial charge is 0.382 e. The van der Waals surface area contributed by atoms with E-state index >= 15 is 0 Å². The lowest BCUT2D eigenvalue weighted by atomic mass is 10.1. The van der Waals surface area contributed by atoms with Crippen molar-refractivity contribution in [2.75, 3.05) is 46.6 Å². The maximum atomic E-state index is 5.70. The lowest BCUT2D eigenvalue weighted by Crippen LogP contribution is -2.40. The summed E-state index contributed by atoms with van der Waals surface area (Å²) in [5, 5.41) is 11.7. The van der Waals surface area contributed by atoms with Crippen LogP contribution in [-0.2, 0) is 16.0 Å². The Bertz CT molecular complexity index is 733. The predicted octanol–water partition coefficient (Wildman–Crippen LogP) is 1.72. The molecule has 1 atom stereocenters. The van der Waals surface area contributed by atoms with Crippen molar-refractivity contribution >= 4 is 5.96 Å². The highest BCUT2D eigenvalue weighted by Gasteiger charge is 2.25. The Labute approximate surface area is 166 Å². The molecule has 1 unspecified atom stereocenters. The Morgan fingerprint density at radius 2 is 2.14 bits per heavy atom. The minimum Gasteiger partial charge on any atom is -0.382 e. The zero-order valence-electron chi connectivity index (χ0n) is 16.8. The molecule has 1 aliphatic heterocycles. The zero-order valence-corrected chi connectivity index (χ0v) is 16.8. The summed E-state index contributed by atoms with van der Waals surface area (Å²) in [5.41, 5.74) is 1.04. The van der Waals surface area contributed by atoms with Gasteiger partial charge in [-0.15, -0.1) is 10.2 Å². The van der Waals surface area contributed by atoms with E-state index in [2.05, 4.69) is 27.3 Å². The first-order valence-electron chi connectivity index (χ1n) is 9.86. The molecule has 8 heteroatoms. The zero-order chi connectivity index (χ0) is 19.6. The van der Waals surface area contributed by atoms with Crippen LogP contribution in [0.25, 0.3) is 5.69 Å². The van der Waals surface area contributed by atoms with Crippen molar-refractivity contribution in [3.05, 3.63) is 42.5 Å². The van der Waals surface area contributed by atoms with Crippen LogP contribution in [0.2, 0.25) is 0 Å². The molecule has 2 aromatic rings. The van der Waals surface area contributed by atoms with Crippen LogP contribution in [0.5, 0.6) is 0 Å². The second-order valence-corrected chi connectivity index (χ2v) is 6.79. The number of aliphatic imine (C=N–C) groups is 1. The lowest BCUT2D eigenvalue weighted by Gasteiger charge is -2.21. The van der Waals surface area contributed by atoms with Crippen LogP contribution in [0.1, 0.15) is 19.2 Å². The van der Waals surface area contributed by atoms with Gasteiger partial charge in [-0.2, -0.15) is 0 Å². The predicted molar refractivity (Wildman–Crippen MR) is 109 cm³/mol. The molecule has 2 heterocycles. The molecule has 1 saturated heterocycles. The minimum atomic E-state index is 0.475. The first-order chi connectivity index (χ1) is 13.8. The normalized spacial score (nSPS) is 17.3. The van der Waals surface area contributed by atoms with Crippen molar-refractivity contribution in [3.63, 3.8) is 0 Å². The molecule has 0 amide bonds. The molecule has 0 bridgehead atoms. The molecule has 1 fully saturated rings. The summed E-state index contributed by atoms with van der Waals surface area (Å²) in [5.74, 6) is 2.26. The number of nitrogens with one attached hydrogen (secondary N) is 1. The number of rotatable bonds is 9. The molecular weight excluding hydrogens is 356 g/mol. The number of likely N-dealkylation sites (tertiary alicyclic amines) is 1. The van der Waals surface area contributed by atoms with E-state index in [0.717, 1.165) is 50.1 Å². The van der Waals surface area contributed by atoms with E-state index in [1.165, 1.54) is 0 Å². The van der Waals surface area contributed by atoms with Crippen molar-refractivity contribution in [2.45, 2.75) is 19.9 Å². The van der Waals surface area contributed by atoms with Gasteiger partial charge in [0.15, 0.2) is 11.8 Å². The fourth-order valence-corrected chi connectivity index (χ4v) is 3.30. The van der Waals surface area contributed by atoms with Crippen molar-refractivity contribution in [1.29, 1.82) is 0 Å². The number of para-hydroxylation sites is 1. The van der Waals surface area contributed by atoms with Gasteiger partial charge >= 0.3 is 0 Å². The van der Waals surface area contributed by atoms with Crippen LogP contribution in [0.3, 0.4) is 0 Å². The Morgan fingerprint density at radius 1 is 1.29 bits per heavy atom. The van der Waals surface area contributed by atoms with E-state index in [-0.39, 0.29) is 0 Å². The average molecular weight is 387 g/mol. The molecule has 1 aromatic carbocycles. The molecule has 0 spiro atoms. The van der Waals surface area contributed by atoms with Gasteiger partial charge in [-0.1, -0.05) is 18.2 Å². The summed E-state index contributed by atoms with van der Waals surface area (Å²) in [7, 11) is 1.69. The fraction of sp³-hybridized carbons (Fsp3) is 0.550. The van der Waals surface area contributed by atoms with Gasteiger partial charge in [-0.05, 0) is 25.5 Å². The smallest absolute Gasteiger partial charge is 0.194 e. The number of ether oxygens (including phenoxy) is 2. The Hall–Kier alpha value is -2.45. The van der Waals surface area contributed by atoms with Gasteiger partial charge in [0.2, 0.25) is 0 Å². The number of methoxy groups -OCH3 is 1. The van der Waals surface area contributed by atoms with E-state index in [4.69, 9.17) is 14.5 Å². The summed E-state index contributed by atoms with van der Waals surface area (Å²) < 4.78 is 12.7. The molecule has 152 valence electrons. The highest BCUT2D eigenvalue weighted by atomic mass is 16.5. The van der Waals surface area contributed by atoms with Crippen molar-refractivity contribution < 1.29 is 9.47 Å². The van der Waals surface area contributed by atoms with Crippen LogP contribution >= 0.6 is 0 Å². The SMILES string of the molecule is CCNC(=NCc1nncn1-c1ccccc1)N1CCC(COCCOC)C1. The van der Waals surface area contributed by atoms with Gasteiger partial charge < -0.3 is 19.7 Å². The summed E-state index contributed by atoms with van der Waals surface area (Å²) in [6.45, 7) is 7.38. The van der Waals surface area contributed by atoms with Crippen molar-refractivity contribution in [3.8, 4) is 5.69 Å². The van der Waals surface area contributed by atoms with Gasteiger partial charge in [0.25, 0.3) is 0 Å². The van der Waals surface area contributed by atoms with E-state index in [9.17, 15) is 0 Å². The first-order valence-corrected chi connectivity index (χ1v) is 9.86. The van der Waals surface area contributed by atoms with Crippen molar-refractivity contribution in [1.82, 2.24) is 25.0 Å². The maximum absolute atomic E-state index is 5.70. The van der Waals surface area contributed by atoms with Gasteiger partial charge in [0, 0.05) is 38.3 Å². The first kappa shape index (κ1) is 20.3. The van der Waals surface area contributed by atoms with Crippen LogP contribution in [-0.4, -0.2) is 72.2 Å². The second kappa shape index (κ2) is 10.8. The number of benzene rings is 1. The van der Waals surface area contributed by atoms with Crippen LogP contribution in [0.15, 0.2) is 41.7 Å². The molecule has 3 rings (SSSR count). The van der Waals surface area contributed by atoms with Gasteiger partial charge in [0.1, 0.15) is 12.9 Å². The van der Waals surface area contributed by atoms with Crippen LogP contribution in [0, 0.1) is 5.92 Å². The molecule has 28 heavy (non-hydrogen) atoms. The molecule has 1 aromatic heterocycles. The molecule has 0 radical (unpaired) electrons. The number of hydrogen-bond acceptors (Lipinski definition) is 5. The molecule has 0 saturated carbocycles. The molecule has 8 nitrogen and oxygen atoms in total. The summed E-state index contributed by atoms with van der Waals surface area (Å²) in [4.78, 5) is 7.12. The van der Waals surface area contributed by atoms with E-state index in [1.807, 2.05) is 34.9 Å². The molecule has 1 aliphatic rings. The molecular formula is C20H30N6O2. The van der Waals surface area contributed by atoms with E-state index in [0.29, 0.717) is 25.7 Å². The van der Waals surface area contributed by atoms with Gasteiger partial charge in [-0.25, -0.2) is 4.99 Å². The summed E-state index contributed by atoms with van der Waals surface area (Å²) >= 11 is 0. The fourth-order valence-electron chi connectivity index (χ4n) is 3.30. The summed E-state index contributed by atoms with van der Waals surface area (Å²) in [6.07, 6.45) is 2.84. The number of aromatic nitrogens is 3. The average Bonchev–Trinajstić information content (AvgIpc) is 3.39. The van der Waals surface area contributed by atoms with Crippen LogP contribution < -0.4 is 5.32 Å². The highest BCUT2D eigenvalue weighted by molar-refractivity contribution is 5.80.